The quantitative estimate of drug-likeness (QED) is 0.537. The fraction of sp³-hybridized carbons (Fsp3) is 0.136. The van der Waals surface area contributed by atoms with Crippen LogP contribution in [0.3, 0.4) is 0 Å². The molecule has 152 valence electrons. The van der Waals surface area contributed by atoms with Crippen molar-refractivity contribution in [3.8, 4) is 11.4 Å². The summed E-state index contributed by atoms with van der Waals surface area (Å²) in [6, 6.07) is 17.4. The summed E-state index contributed by atoms with van der Waals surface area (Å²) >= 11 is 1.31. The minimum atomic E-state index is -0.554. The molecule has 0 radical (unpaired) electrons. The maximum Gasteiger partial charge on any atom is 0.337 e. The number of hydrogen-bond acceptors (Lipinski definition) is 5. The van der Waals surface area contributed by atoms with Crippen molar-refractivity contribution in [2.75, 3.05) is 12.4 Å². The topological polar surface area (TPSA) is 82.3 Å². The van der Waals surface area contributed by atoms with Crippen LogP contribution in [-0.2, 0) is 11.3 Å². The number of fused-ring (bicyclic) bond motifs is 1. The Hall–Kier alpha value is -3.65. The molecular formula is C22H19N3O4S. The van der Waals surface area contributed by atoms with E-state index in [2.05, 4.69) is 5.32 Å². The van der Waals surface area contributed by atoms with Gasteiger partial charge in [0, 0.05) is 16.6 Å². The highest BCUT2D eigenvalue weighted by Crippen LogP contribution is 2.22. The van der Waals surface area contributed by atoms with E-state index < -0.39 is 11.2 Å². The molecule has 0 fully saturated rings. The van der Waals surface area contributed by atoms with Gasteiger partial charge in [-0.05, 0) is 37.3 Å². The highest BCUT2D eigenvalue weighted by Gasteiger charge is 2.18. The second-order valence-corrected chi connectivity index (χ2v) is 7.94. The standard InChI is InChI=1S/C22H19N3O4S/c1-14-11-18-20(27)25(16-8-4-3-5-9-16)22(28)24(21(18)30-14)13-19(26)23-15-7-6-10-17(12-15)29-2/h3-12H,13H2,1-2H3,(H,23,26). The zero-order valence-corrected chi connectivity index (χ0v) is 17.2. The van der Waals surface area contributed by atoms with Crippen LogP contribution in [0.2, 0.25) is 0 Å². The molecule has 0 saturated carbocycles. The number of rotatable bonds is 5. The monoisotopic (exact) mass is 421 g/mol. The number of thiophene rings is 1. The number of aromatic nitrogens is 2. The van der Waals surface area contributed by atoms with Gasteiger partial charge in [-0.2, -0.15) is 0 Å². The van der Waals surface area contributed by atoms with Crippen LogP contribution in [0.5, 0.6) is 5.75 Å². The van der Waals surface area contributed by atoms with E-state index in [9.17, 15) is 14.4 Å². The van der Waals surface area contributed by atoms with Gasteiger partial charge in [0.2, 0.25) is 5.91 Å². The number of methoxy groups -OCH3 is 1. The van der Waals surface area contributed by atoms with E-state index in [0.29, 0.717) is 27.3 Å². The highest BCUT2D eigenvalue weighted by atomic mass is 32.1. The normalized spacial score (nSPS) is 10.9. The Kier molecular flexibility index (Phi) is 5.24. The number of ether oxygens (including phenoxy) is 1. The van der Waals surface area contributed by atoms with E-state index in [1.807, 2.05) is 13.0 Å². The van der Waals surface area contributed by atoms with Crippen molar-refractivity contribution in [3.05, 3.63) is 86.4 Å². The summed E-state index contributed by atoms with van der Waals surface area (Å²) in [5.74, 6) is 0.231. The number of anilines is 1. The lowest BCUT2D eigenvalue weighted by Crippen LogP contribution is -2.40. The molecule has 0 saturated heterocycles. The van der Waals surface area contributed by atoms with Gasteiger partial charge in [-0.25, -0.2) is 9.36 Å². The molecule has 0 atom stereocenters. The van der Waals surface area contributed by atoms with Gasteiger partial charge in [0.05, 0.1) is 18.2 Å². The third kappa shape index (κ3) is 3.65. The maximum absolute atomic E-state index is 13.2. The Morgan fingerprint density at radius 2 is 1.83 bits per heavy atom. The van der Waals surface area contributed by atoms with E-state index >= 15 is 0 Å². The molecule has 0 bridgehead atoms. The van der Waals surface area contributed by atoms with E-state index in [4.69, 9.17) is 4.74 Å². The Labute approximate surface area is 175 Å². The summed E-state index contributed by atoms with van der Waals surface area (Å²) in [7, 11) is 1.54. The summed E-state index contributed by atoms with van der Waals surface area (Å²) < 4.78 is 7.62. The Morgan fingerprint density at radius 1 is 1.07 bits per heavy atom. The average molecular weight is 421 g/mol. The van der Waals surface area contributed by atoms with Gasteiger partial charge in [-0.3, -0.25) is 14.2 Å². The van der Waals surface area contributed by atoms with Gasteiger partial charge in [0.1, 0.15) is 17.1 Å². The lowest BCUT2D eigenvalue weighted by Gasteiger charge is -2.12. The summed E-state index contributed by atoms with van der Waals surface area (Å²) in [4.78, 5) is 40.3. The number of nitrogens with zero attached hydrogens (tertiary/aromatic N) is 2. The Bertz CT molecular complexity index is 1350. The number of benzene rings is 2. The lowest BCUT2D eigenvalue weighted by atomic mass is 10.3. The van der Waals surface area contributed by atoms with E-state index in [1.165, 1.54) is 15.9 Å². The third-order valence-corrected chi connectivity index (χ3v) is 5.68. The summed E-state index contributed by atoms with van der Waals surface area (Å²) in [5, 5.41) is 3.19. The molecule has 0 aliphatic carbocycles. The molecule has 2 aromatic heterocycles. The Morgan fingerprint density at radius 3 is 2.57 bits per heavy atom. The first-order valence-corrected chi connectivity index (χ1v) is 10.0. The molecule has 1 N–H and O–H groups in total. The van der Waals surface area contributed by atoms with Crippen molar-refractivity contribution >= 4 is 33.1 Å². The number of hydrogen-bond donors (Lipinski definition) is 1. The van der Waals surface area contributed by atoms with E-state index in [-0.39, 0.29) is 12.5 Å². The first-order valence-electron chi connectivity index (χ1n) is 9.23. The molecule has 1 amide bonds. The van der Waals surface area contributed by atoms with Crippen LogP contribution in [0.1, 0.15) is 4.88 Å². The molecule has 8 heteroatoms. The minimum Gasteiger partial charge on any atom is -0.497 e. The molecule has 7 nitrogen and oxygen atoms in total. The maximum atomic E-state index is 13.2. The van der Waals surface area contributed by atoms with Crippen molar-refractivity contribution in [1.82, 2.24) is 9.13 Å². The van der Waals surface area contributed by atoms with Gasteiger partial charge in [-0.15, -0.1) is 11.3 Å². The summed E-state index contributed by atoms with van der Waals surface area (Å²) in [5.41, 5.74) is 0.0685. The largest absolute Gasteiger partial charge is 0.497 e. The van der Waals surface area contributed by atoms with Crippen LogP contribution < -0.4 is 21.3 Å². The van der Waals surface area contributed by atoms with Crippen molar-refractivity contribution in [1.29, 1.82) is 0 Å². The molecule has 4 aromatic rings. The minimum absolute atomic E-state index is 0.223. The van der Waals surface area contributed by atoms with Crippen molar-refractivity contribution in [2.24, 2.45) is 0 Å². The molecule has 2 aromatic carbocycles. The first kappa shape index (κ1) is 19.7. The number of nitrogens with one attached hydrogen (secondary N) is 1. The van der Waals surface area contributed by atoms with Crippen LogP contribution in [0.15, 0.2) is 70.3 Å². The molecule has 2 heterocycles. The van der Waals surface area contributed by atoms with Crippen LogP contribution in [0, 0.1) is 6.92 Å². The van der Waals surface area contributed by atoms with Crippen molar-refractivity contribution < 1.29 is 9.53 Å². The van der Waals surface area contributed by atoms with Crippen LogP contribution in [0.4, 0.5) is 5.69 Å². The van der Waals surface area contributed by atoms with Crippen molar-refractivity contribution in [2.45, 2.75) is 13.5 Å². The molecule has 0 aliphatic rings. The Balaban J connectivity index is 1.79. The SMILES string of the molecule is COc1cccc(NC(=O)Cn2c(=O)n(-c3ccccc3)c(=O)c3cc(C)sc32)c1. The van der Waals surface area contributed by atoms with Gasteiger partial charge in [-0.1, -0.05) is 24.3 Å². The second-order valence-electron chi connectivity index (χ2n) is 6.70. The van der Waals surface area contributed by atoms with E-state index in [0.717, 1.165) is 9.44 Å². The predicted molar refractivity (Wildman–Crippen MR) is 118 cm³/mol. The molecule has 4 rings (SSSR count). The third-order valence-electron chi connectivity index (χ3n) is 4.61. The predicted octanol–water partition coefficient (Wildman–Crippen LogP) is 3.17. The zero-order chi connectivity index (χ0) is 21.3. The summed E-state index contributed by atoms with van der Waals surface area (Å²) in [6.07, 6.45) is 0. The number of carbonyl (C=O) groups excluding carboxylic acids is 1. The molecule has 0 aliphatic heterocycles. The van der Waals surface area contributed by atoms with Gasteiger partial charge >= 0.3 is 5.69 Å². The van der Waals surface area contributed by atoms with E-state index in [1.54, 1.807) is 61.7 Å². The fourth-order valence-electron chi connectivity index (χ4n) is 3.26. The number of carbonyl (C=O) groups is 1. The second kappa shape index (κ2) is 8.00. The number of aryl methyl sites for hydroxylation is 1. The lowest BCUT2D eigenvalue weighted by molar-refractivity contribution is -0.116. The first-order chi connectivity index (χ1) is 14.5. The summed E-state index contributed by atoms with van der Waals surface area (Å²) in [6.45, 7) is 1.64. The number of amides is 1. The van der Waals surface area contributed by atoms with Gasteiger partial charge in [0.15, 0.2) is 0 Å². The average Bonchev–Trinajstić information content (AvgIpc) is 3.14. The molecule has 0 unspecified atom stereocenters. The number of para-hydroxylation sites is 1. The van der Waals surface area contributed by atoms with Crippen LogP contribution in [-0.4, -0.2) is 22.2 Å². The van der Waals surface area contributed by atoms with Crippen LogP contribution in [0.25, 0.3) is 15.9 Å². The van der Waals surface area contributed by atoms with Gasteiger partial charge < -0.3 is 10.1 Å². The zero-order valence-electron chi connectivity index (χ0n) is 16.4. The highest BCUT2D eigenvalue weighted by molar-refractivity contribution is 7.18. The molecular weight excluding hydrogens is 402 g/mol. The molecule has 0 spiro atoms. The van der Waals surface area contributed by atoms with Crippen LogP contribution >= 0.6 is 11.3 Å². The fourth-order valence-corrected chi connectivity index (χ4v) is 4.25. The molecule has 30 heavy (non-hydrogen) atoms. The smallest absolute Gasteiger partial charge is 0.337 e. The van der Waals surface area contributed by atoms with Crippen molar-refractivity contribution in [3.63, 3.8) is 0 Å². The van der Waals surface area contributed by atoms with Gasteiger partial charge in [0.25, 0.3) is 5.56 Å².